The lowest BCUT2D eigenvalue weighted by Gasteiger charge is -2.18. The minimum absolute atomic E-state index is 0.0356. The molecule has 6 N–H and O–H groups in total. The number of phenols is 2. The molecule has 0 radical (unpaired) electrons. The van der Waals surface area contributed by atoms with Crippen molar-refractivity contribution in [2.45, 2.75) is 149 Å². The molecule has 0 spiro atoms. The fourth-order valence-electron chi connectivity index (χ4n) is 5.96. The van der Waals surface area contributed by atoms with Crippen molar-refractivity contribution < 1.29 is 29.4 Å². The normalized spacial score (nSPS) is 11.5. The van der Waals surface area contributed by atoms with Gasteiger partial charge in [0, 0.05) is 12.3 Å². The van der Waals surface area contributed by atoms with E-state index in [1.807, 2.05) is 6.07 Å². The molecule has 0 aliphatic heterocycles. The number of hydrogen-bond donors (Lipinski definition) is 6. The van der Waals surface area contributed by atoms with Gasteiger partial charge in [0.15, 0.2) is 0 Å². The summed E-state index contributed by atoms with van der Waals surface area (Å²) in [6.07, 6.45) is 18.6. The van der Waals surface area contributed by atoms with Crippen molar-refractivity contribution in [1.82, 2.24) is 21.7 Å². The summed E-state index contributed by atoms with van der Waals surface area (Å²) in [5.41, 5.74) is 11.8. The molecule has 0 bridgehead atoms. The minimum Gasteiger partial charge on any atom is -0.507 e. The number of benzene rings is 2. The van der Waals surface area contributed by atoms with Crippen LogP contribution >= 0.6 is 0 Å². The van der Waals surface area contributed by atoms with E-state index in [0.29, 0.717) is 6.42 Å². The molecule has 10 nitrogen and oxygen atoms in total. The third-order valence-corrected chi connectivity index (χ3v) is 9.11. The van der Waals surface area contributed by atoms with Gasteiger partial charge in [-0.15, -0.1) is 0 Å². The highest BCUT2D eigenvalue weighted by Gasteiger charge is 2.22. The molecule has 0 aliphatic carbocycles. The predicted octanol–water partition coefficient (Wildman–Crippen LogP) is 8.10. The van der Waals surface area contributed by atoms with Gasteiger partial charge in [-0.05, 0) is 73.9 Å². The van der Waals surface area contributed by atoms with Gasteiger partial charge in [0.2, 0.25) is 11.8 Å². The Morgan fingerprint density at radius 3 is 1.46 bits per heavy atom. The van der Waals surface area contributed by atoms with Crippen molar-refractivity contribution in [2.24, 2.45) is 5.92 Å². The fourth-order valence-corrected chi connectivity index (χ4v) is 5.96. The van der Waals surface area contributed by atoms with Crippen molar-refractivity contribution in [3.05, 3.63) is 58.7 Å². The Kier molecular flexibility index (Phi) is 21.0. The van der Waals surface area contributed by atoms with Gasteiger partial charge in [0.1, 0.15) is 11.5 Å². The number of amides is 4. The highest BCUT2D eigenvalue weighted by molar-refractivity contribution is 5.98. The summed E-state index contributed by atoms with van der Waals surface area (Å²) in [6.45, 7) is 6.47. The number of unbranched alkanes of at least 4 members (excludes halogenated alkanes) is 12. The zero-order chi connectivity index (χ0) is 36.6. The number of hydrogen-bond acceptors (Lipinski definition) is 6. The lowest BCUT2D eigenvalue weighted by Crippen LogP contribution is -2.45. The van der Waals surface area contributed by atoms with E-state index < -0.39 is 29.5 Å². The quantitative estimate of drug-likeness (QED) is 0.0482. The van der Waals surface area contributed by atoms with Gasteiger partial charge in [-0.3, -0.25) is 40.9 Å². The van der Waals surface area contributed by atoms with E-state index in [4.69, 9.17) is 0 Å². The first-order chi connectivity index (χ1) is 24.2. The molecule has 0 aromatic heterocycles. The first-order valence-corrected chi connectivity index (χ1v) is 19.0. The number of phenolic OH excluding ortho intramolecular Hbond substituents is 2. The van der Waals surface area contributed by atoms with E-state index >= 15 is 0 Å². The molecular weight excluding hydrogens is 632 g/mol. The van der Waals surface area contributed by atoms with E-state index in [2.05, 4.69) is 42.5 Å². The van der Waals surface area contributed by atoms with Crippen LogP contribution in [0.1, 0.15) is 168 Å². The summed E-state index contributed by atoms with van der Waals surface area (Å²) < 4.78 is 0. The zero-order valence-corrected chi connectivity index (χ0v) is 30.7. The van der Waals surface area contributed by atoms with E-state index in [-0.39, 0.29) is 35.5 Å². The molecule has 2 aromatic rings. The number of rotatable bonds is 24. The first kappa shape index (κ1) is 42.1. The number of aromatic hydroxyl groups is 2. The molecule has 4 amide bonds. The molecule has 2 rings (SSSR count). The second-order valence-corrected chi connectivity index (χ2v) is 13.4. The molecule has 1 unspecified atom stereocenters. The Hall–Kier alpha value is -4.08. The van der Waals surface area contributed by atoms with Crippen molar-refractivity contribution >= 4 is 23.6 Å². The maximum Gasteiger partial charge on any atom is 0.273 e. The Labute approximate surface area is 299 Å². The lowest BCUT2D eigenvalue weighted by molar-refractivity contribution is -0.127. The number of carbonyl (C=O) groups is 4. The van der Waals surface area contributed by atoms with Gasteiger partial charge in [0.25, 0.3) is 11.8 Å². The van der Waals surface area contributed by atoms with Crippen LogP contribution < -0.4 is 21.7 Å². The molecule has 278 valence electrons. The molecule has 0 saturated heterocycles. The second-order valence-electron chi connectivity index (χ2n) is 13.4. The van der Waals surface area contributed by atoms with Crippen LogP contribution in [-0.2, 0) is 22.4 Å². The SMILES string of the molecule is CCCCCCCc1ccc(O)c(C(=O)NNC(=O)CCC(CCCCCCC)C(=O)NNC(=O)c2cc(CCCCCCC)ccc2O)c1. The number of hydrazine groups is 2. The van der Waals surface area contributed by atoms with E-state index in [9.17, 15) is 29.4 Å². The van der Waals surface area contributed by atoms with Gasteiger partial charge in [-0.1, -0.05) is 116 Å². The Morgan fingerprint density at radius 2 is 0.980 bits per heavy atom. The van der Waals surface area contributed by atoms with Gasteiger partial charge in [0.05, 0.1) is 11.1 Å². The van der Waals surface area contributed by atoms with E-state index in [1.54, 1.807) is 18.2 Å². The third-order valence-electron chi connectivity index (χ3n) is 9.11. The predicted molar refractivity (Wildman–Crippen MR) is 198 cm³/mol. The van der Waals surface area contributed by atoms with Gasteiger partial charge in [-0.2, -0.15) is 0 Å². The largest absolute Gasteiger partial charge is 0.507 e. The van der Waals surface area contributed by atoms with E-state index in [1.165, 1.54) is 50.7 Å². The van der Waals surface area contributed by atoms with E-state index in [0.717, 1.165) is 81.8 Å². The first-order valence-electron chi connectivity index (χ1n) is 19.0. The molecule has 0 fully saturated rings. The molecule has 0 heterocycles. The summed E-state index contributed by atoms with van der Waals surface area (Å²) in [7, 11) is 0. The number of aryl methyl sites for hydroxylation is 2. The average molecular weight is 695 g/mol. The Balaban J connectivity index is 1.92. The fraction of sp³-hybridized carbons (Fsp3) is 0.600. The van der Waals surface area contributed by atoms with Crippen molar-refractivity contribution in [3.63, 3.8) is 0 Å². The van der Waals surface area contributed by atoms with Crippen molar-refractivity contribution in [3.8, 4) is 11.5 Å². The summed E-state index contributed by atoms with van der Waals surface area (Å²) in [4.78, 5) is 51.7. The van der Waals surface area contributed by atoms with Crippen LogP contribution in [0.4, 0.5) is 0 Å². The average Bonchev–Trinajstić information content (AvgIpc) is 3.11. The molecule has 0 saturated carbocycles. The standard InChI is InChI=1S/C40H62N4O6/c1-4-7-10-13-16-19-30-22-25-35(45)33(28-30)39(49)43-41-37(47)27-24-32(21-18-15-12-9-6-3)38(48)42-44-40(50)34-29-31(23-26-36(34)46)20-17-14-11-8-5-2/h22-23,25-26,28-29,32,45-46H,4-21,24,27H2,1-3H3,(H,41,47)(H,42,48)(H,43,49)(H,44,50). The van der Waals surface area contributed by atoms with Crippen LogP contribution in [0.15, 0.2) is 36.4 Å². The number of carbonyl (C=O) groups excluding carboxylic acids is 4. The van der Waals surface area contributed by atoms with Crippen LogP contribution in [0.2, 0.25) is 0 Å². The summed E-state index contributed by atoms with van der Waals surface area (Å²) in [5.74, 6) is -3.03. The maximum atomic E-state index is 13.2. The monoisotopic (exact) mass is 694 g/mol. The zero-order valence-electron chi connectivity index (χ0n) is 30.7. The molecule has 0 aliphatic rings. The van der Waals surface area contributed by atoms with Gasteiger partial charge < -0.3 is 10.2 Å². The third kappa shape index (κ3) is 16.5. The lowest BCUT2D eigenvalue weighted by atomic mass is 9.95. The second kappa shape index (κ2) is 25.0. The minimum atomic E-state index is -0.625. The van der Waals surface area contributed by atoms with Crippen LogP contribution in [0.25, 0.3) is 0 Å². The molecule has 1 atom stereocenters. The molecule has 10 heteroatoms. The van der Waals surface area contributed by atoms with Crippen molar-refractivity contribution in [2.75, 3.05) is 0 Å². The number of nitrogens with one attached hydrogen (secondary N) is 4. The van der Waals surface area contributed by atoms with Gasteiger partial charge >= 0.3 is 0 Å². The summed E-state index contributed by atoms with van der Waals surface area (Å²) in [5, 5.41) is 20.6. The van der Waals surface area contributed by atoms with Crippen molar-refractivity contribution in [1.29, 1.82) is 0 Å². The molecule has 2 aromatic carbocycles. The van der Waals surface area contributed by atoms with Crippen LogP contribution in [-0.4, -0.2) is 33.8 Å². The topological polar surface area (TPSA) is 157 Å². The smallest absolute Gasteiger partial charge is 0.273 e. The highest BCUT2D eigenvalue weighted by atomic mass is 16.3. The summed E-state index contributed by atoms with van der Waals surface area (Å²) >= 11 is 0. The Bertz CT molecular complexity index is 1330. The Morgan fingerprint density at radius 1 is 0.540 bits per heavy atom. The van der Waals surface area contributed by atoms with Crippen LogP contribution in [0.3, 0.4) is 0 Å². The highest BCUT2D eigenvalue weighted by Crippen LogP contribution is 2.22. The molecule has 50 heavy (non-hydrogen) atoms. The van der Waals surface area contributed by atoms with Crippen LogP contribution in [0, 0.1) is 5.92 Å². The van der Waals surface area contributed by atoms with Crippen LogP contribution in [0.5, 0.6) is 11.5 Å². The molecular formula is C40H62N4O6. The maximum absolute atomic E-state index is 13.2. The summed E-state index contributed by atoms with van der Waals surface area (Å²) in [6, 6.07) is 9.91. The van der Waals surface area contributed by atoms with Gasteiger partial charge in [-0.25, -0.2) is 0 Å².